The minimum absolute atomic E-state index is 0.0719. The van der Waals surface area contributed by atoms with Gasteiger partial charge in [-0.15, -0.1) is 0 Å². The number of nitrogens with zero attached hydrogens (tertiary/aromatic N) is 2. The van der Waals surface area contributed by atoms with Crippen LogP contribution < -0.4 is 15.8 Å². The van der Waals surface area contributed by atoms with E-state index in [2.05, 4.69) is 15.5 Å². The largest absolute Gasteiger partial charge is 0.481 e. The summed E-state index contributed by atoms with van der Waals surface area (Å²) in [4.78, 5) is 16.4. The van der Waals surface area contributed by atoms with Crippen LogP contribution in [0, 0.1) is 5.41 Å². The minimum atomic E-state index is -0.994. The standard InChI is InChI=1S/C14H22N4O3/c1-4-14(5-2,12(15)18-20)13(19)17-9-10-6-7-16-11(8-10)21-3/h6-8,20H,4-5,9H2,1-3H3,(H2,15,18)(H,17,19). The Bertz CT molecular complexity index is 513. The van der Waals surface area contributed by atoms with Crippen LogP contribution in [-0.4, -0.2) is 29.0 Å². The normalized spacial score (nSPS) is 12.0. The molecule has 0 aliphatic carbocycles. The number of nitrogens with two attached hydrogens (primary N) is 1. The lowest BCUT2D eigenvalue weighted by molar-refractivity contribution is -0.128. The fourth-order valence-electron chi connectivity index (χ4n) is 2.17. The van der Waals surface area contributed by atoms with Crippen LogP contribution in [0.15, 0.2) is 23.5 Å². The van der Waals surface area contributed by atoms with Gasteiger partial charge in [-0.25, -0.2) is 4.98 Å². The number of nitrogens with one attached hydrogen (secondary N) is 1. The summed E-state index contributed by atoms with van der Waals surface area (Å²) in [6, 6.07) is 3.52. The number of rotatable bonds is 7. The van der Waals surface area contributed by atoms with Crippen molar-refractivity contribution < 1.29 is 14.7 Å². The van der Waals surface area contributed by atoms with E-state index >= 15 is 0 Å². The molecule has 0 atom stereocenters. The number of oxime groups is 1. The van der Waals surface area contributed by atoms with Gasteiger partial charge in [-0.05, 0) is 24.5 Å². The molecule has 7 nitrogen and oxygen atoms in total. The number of methoxy groups -OCH3 is 1. The molecular weight excluding hydrogens is 272 g/mol. The van der Waals surface area contributed by atoms with E-state index in [4.69, 9.17) is 15.7 Å². The highest BCUT2D eigenvalue weighted by atomic mass is 16.5. The summed E-state index contributed by atoms with van der Waals surface area (Å²) < 4.78 is 5.03. The average molecular weight is 294 g/mol. The molecule has 1 rings (SSSR count). The Morgan fingerprint density at radius 3 is 2.71 bits per heavy atom. The van der Waals surface area contributed by atoms with Gasteiger partial charge in [0, 0.05) is 18.8 Å². The third-order valence-corrected chi connectivity index (χ3v) is 3.70. The second-order valence-corrected chi connectivity index (χ2v) is 4.66. The zero-order valence-corrected chi connectivity index (χ0v) is 12.6. The van der Waals surface area contributed by atoms with Crippen LogP contribution >= 0.6 is 0 Å². The molecule has 116 valence electrons. The molecule has 0 saturated carbocycles. The number of amides is 1. The lowest BCUT2D eigenvalue weighted by atomic mass is 9.80. The summed E-state index contributed by atoms with van der Waals surface area (Å²) in [5, 5.41) is 14.7. The Kier molecular flexibility index (Phi) is 5.95. The molecule has 0 spiro atoms. The second kappa shape index (κ2) is 7.47. The number of hydrogen-bond acceptors (Lipinski definition) is 5. The third kappa shape index (κ3) is 3.62. The number of pyridine rings is 1. The number of amidine groups is 1. The molecule has 0 unspecified atom stereocenters. The molecule has 1 aromatic rings. The van der Waals surface area contributed by atoms with E-state index in [1.807, 2.05) is 13.8 Å². The van der Waals surface area contributed by atoms with Crippen molar-refractivity contribution in [2.24, 2.45) is 16.3 Å². The van der Waals surface area contributed by atoms with Gasteiger partial charge >= 0.3 is 0 Å². The summed E-state index contributed by atoms with van der Waals surface area (Å²) in [6.45, 7) is 3.98. The molecular formula is C14H22N4O3. The first-order valence-electron chi connectivity index (χ1n) is 6.79. The van der Waals surface area contributed by atoms with E-state index in [0.717, 1.165) is 5.56 Å². The fourth-order valence-corrected chi connectivity index (χ4v) is 2.17. The Morgan fingerprint density at radius 1 is 1.52 bits per heavy atom. The molecule has 0 saturated heterocycles. The van der Waals surface area contributed by atoms with Crippen molar-refractivity contribution in [2.75, 3.05) is 7.11 Å². The van der Waals surface area contributed by atoms with Crippen molar-refractivity contribution in [2.45, 2.75) is 33.2 Å². The van der Waals surface area contributed by atoms with E-state index in [-0.39, 0.29) is 11.7 Å². The van der Waals surface area contributed by atoms with E-state index in [1.54, 1.807) is 18.3 Å². The fraction of sp³-hybridized carbons (Fsp3) is 0.500. The summed E-state index contributed by atoms with van der Waals surface area (Å²) in [5.74, 6) is 0.145. The highest BCUT2D eigenvalue weighted by Gasteiger charge is 2.39. The van der Waals surface area contributed by atoms with Crippen molar-refractivity contribution in [3.63, 3.8) is 0 Å². The highest BCUT2D eigenvalue weighted by molar-refractivity contribution is 6.06. The van der Waals surface area contributed by atoms with Crippen LogP contribution in [-0.2, 0) is 11.3 Å². The summed E-state index contributed by atoms with van der Waals surface area (Å²) in [5.41, 5.74) is 5.56. The summed E-state index contributed by atoms with van der Waals surface area (Å²) in [7, 11) is 1.53. The van der Waals surface area contributed by atoms with Crippen LogP contribution in [0.2, 0.25) is 0 Å². The Balaban J connectivity index is 2.83. The van der Waals surface area contributed by atoms with E-state index < -0.39 is 5.41 Å². The van der Waals surface area contributed by atoms with Crippen LogP contribution in [0.4, 0.5) is 0 Å². The first-order valence-corrected chi connectivity index (χ1v) is 6.79. The SMILES string of the molecule is CCC(CC)(C(=O)NCc1ccnc(OC)c1)C(N)=NO. The van der Waals surface area contributed by atoms with Crippen molar-refractivity contribution in [3.8, 4) is 5.88 Å². The molecule has 1 heterocycles. The van der Waals surface area contributed by atoms with Gasteiger partial charge in [0.15, 0.2) is 5.84 Å². The molecule has 1 aromatic heterocycles. The molecule has 4 N–H and O–H groups in total. The lowest BCUT2D eigenvalue weighted by Crippen LogP contribution is -2.49. The van der Waals surface area contributed by atoms with E-state index in [9.17, 15) is 4.79 Å². The molecule has 0 aliphatic heterocycles. The van der Waals surface area contributed by atoms with Gasteiger partial charge < -0.3 is 21.0 Å². The zero-order valence-electron chi connectivity index (χ0n) is 12.6. The number of carbonyl (C=O) groups is 1. The maximum atomic E-state index is 12.4. The molecule has 0 aromatic carbocycles. The highest BCUT2D eigenvalue weighted by Crippen LogP contribution is 2.27. The predicted octanol–water partition coefficient (Wildman–Crippen LogP) is 1.26. The number of carbonyl (C=O) groups excluding carboxylic acids is 1. The third-order valence-electron chi connectivity index (χ3n) is 3.70. The van der Waals surface area contributed by atoms with Crippen molar-refractivity contribution >= 4 is 11.7 Å². The van der Waals surface area contributed by atoms with Gasteiger partial charge in [0.1, 0.15) is 5.41 Å². The molecule has 1 amide bonds. The van der Waals surface area contributed by atoms with Gasteiger partial charge in [0.2, 0.25) is 11.8 Å². The minimum Gasteiger partial charge on any atom is -0.481 e. The zero-order chi connectivity index (χ0) is 15.9. The van der Waals surface area contributed by atoms with E-state index in [0.29, 0.717) is 25.3 Å². The first kappa shape index (κ1) is 16.7. The van der Waals surface area contributed by atoms with Crippen LogP contribution in [0.25, 0.3) is 0 Å². The van der Waals surface area contributed by atoms with Gasteiger partial charge in [-0.2, -0.15) is 0 Å². The first-order chi connectivity index (χ1) is 10.0. The average Bonchev–Trinajstić information content (AvgIpc) is 2.54. The monoisotopic (exact) mass is 294 g/mol. The Hall–Kier alpha value is -2.31. The Labute approximate surface area is 124 Å². The smallest absolute Gasteiger partial charge is 0.234 e. The topological polar surface area (TPSA) is 110 Å². The van der Waals surface area contributed by atoms with Crippen molar-refractivity contribution in [1.82, 2.24) is 10.3 Å². The van der Waals surface area contributed by atoms with Gasteiger partial charge in [0.25, 0.3) is 0 Å². The summed E-state index contributed by atoms with van der Waals surface area (Å²) >= 11 is 0. The van der Waals surface area contributed by atoms with Crippen molar-refractivity contribution in [1.29, 1.82) is 0 Å². The van der Waals surface area contributed by atoms with Crippen LogP contribution in [0.3, 0.4) is 0 Å². The van der Waals surface area contributed by atoms with E-state index in [1.165, 1.54) is 7.11 Å². The molecule has 0 radical (unpaired) electrons. The quantitative estimate of drug-likeness (QED) is 0.303. The molecule has 0 bridgehead atoms. The molecule has 0 aliphatic rings. The summed E-state index contributed by atoms with van der Waals surface area (Å²) in [6.07, 6.45) is 2.51. The predicted molar refractivity (Wildman–Crippen MR) is 79.1 cm³/mol. The number of hydrogen-bond donors (Lipinski definition) is 3. The maximum Gasteiger partial charge on any atom is 0.234 e. The molecule has 0 fully saturated rings. The van der Waals surface area contributed by atoms with Crippen LogP contribution in [0.5, 0.6) is 5.88 Å². The number of aromatic nitrogens is 1. The van der Waals surface area contributed by atoms with Crippen LogP contribution in [0.1, 0.15) is 32.3 Å². The Morgan fingerprint density at radius 2 is 2.19 bits per heavy atom. The van der Waals surface area contributed by atoms with Gasteiger partial charge in [-0.1, -0.05) is 19.0 Å². The molecule has 7 heteroatoms. The lowest BCUT2D eigenvalue weighted by Gasteiger charge is -2.28. The number of ether oxygens (including phenoxy) is 1. The second-order valence-electron chi connectivity index (χ2n) is 4.66. The molecule has 21 heavy (non-hydrogen) atoms. The van der Waals surface area contributed by atoms with Crippen molar-refractivity contribution in [3.05, 3.63) is 23.9 Å². The van der Waals surface area contributed by atoms with Gasteiger partial charge in [-0.3, -0.25) is 4.79 Å². The maximum absolute atomic E-state index is 12.4. The van der Waals surface area contributed by atoms with Gasteiger partial charge in [0.05, 0.1) is 7.11 Å².